The van der Waals surface area contributed by atoms with Gasteiger partial charge in [-0.25, -0.2) is 4.98 Å². The number of piperazine rings is 1. The Labute approximate surface area is 137 Å². The molecule has 7 heteroatoms. The van der Waals surface area contributed by atoms with Crippen molar-refractivity contribution >= 4 is 22.2 Å². The molecule has 0 aliphatic carbocycles. The van der Waals surface area contributed by atoms with Crippen molar-refractivity contribution < 1.29 is 9.21 Å². The average Bonchev–Trinajstić information content (AvgIpc) is 3.25. The van der Waals surface area contributed by atoms with E-state index in [2.05, 4.69) is 9.88 Å². The van der Waals surface area contributed by atoms with Crippen LogP contribution in [-0.4, -0.2) is 51.3 Å². The standard InChI is InChI=1S/C16H18N4O2S/c21-15(10-13-11-20-7-9-23-16(20)17-13)19-5-3-18(4-6-19)12-14-2-1-8-22-14/h1-2,7-9,11H,3-6,10,12H2. The number of rotatable bonds is 4. The Balaban J connectivity index is 1.31. The Morgan fingerprint density at radius 3 is 2.91 bits per heavy atom. The Kier molecular flexibility index (Phi) is 3.88. The number of nitrogens with zero attached hydrogens (tertiary/aromatic N) is 4. The molecule has 3 aromatic heterocycles. The zero-order valence-electron chi connectivity index (χ0n) is 12.7. The lowest BCUT2D eigenvalue weighted by Crippen LogP contribution is -2.48. The predicted molar refractivity (Wildman–Crippen MR) is 87.3 cm³/mol. The maximum Gasteiger partial charge on any atom is 0.228 e. The second-order valence-electron chi connectivity index (χ2n) is 5.74. The molecule has 23 heavy (non-hydrogen) atoms. The largest absolute Gasteiger partial charge is 0.468 e. The van der Waals surface area contributed by atoms with E-state index in [1.165, 1.54) is 0 Å². The zero-order chi connectivity index (χ0) is 15.6. The second-order valence-corrected chi connectivity index (χ2v) is 6.61. The molecule has 1 fully saturated rings. The van der Waals surface area contributed by atoms with Crippen LogP contribution in [0.4, 0.5) is 0 Å². The Morgan fingerprint density at radius 2 is 2.17 bits per heavy atom. The number of furan rings is 1. The Bertz CT molecular complexity index is 756. The summed E-state index contributed by atoms with van der Waals surface area (Å²) in [6, 6.07) is 3.90. The van der Waals surface area contributed by atoms with E-state index in [0.29, 0.717) is 6.42 Å². The molecule has 120 valence electrons. The number of thiazole rings is 1. The van der Waals surface area contributed by atoms with Gasteiger partial charge in [-0.05, 0) is 12.1 Å². The summed E-state index contributed by atoms with van der Waals surface area (Å²) in [5, 5.41) is 1.99. The third kappa shape index (κ3) is 3.16. The second kappa shape index (κ2) is 6.17. The van der Waals surface area contributed by atoms with Crippen LogP contribution in [0.15, 0.2) is 40.6 Å². The number of hydrogen-bond acceptors (Lipinski definition) is 5. The van der Waals surface area contributed by atoms with E-state index in [4.69, 9.17) is 4.42 Å². The quantitative estimate of drug-likeness (QED) is 0.733. The fourth-order valence-corrected chi connectivity index (χ4v) is 3.63. The first-order chi connectivity index (χ1) is 11.3. The zero-order valence-corrected chi connectivity index (χ0v) is 13.5. The van der Waals surface area contributed by atoms with Crippen molar-refractivity contribution in [1.82, 2.24) is 19.2 Å². The van der Waals surface area contributed by atoms with Gasteiger partial charge in [0.15, 0.2) is 4.96 Å². The third-order valence-electron chi connectivity index (χ3n) is 4.16. The van der Waals surface area contributed by atoms with Crippen LogP contribution < -0.4 is 0 Å². The molecule has 0 spiro atoms. The summed E-state index contributed by atoms with van der Waals surface area (Å²) in [5.41, 5.74) is 0.847. The molecule has 3 aromatic rings. The van der Waals surface area contributed by atoms with Gasteiger partial charge in [0.05, 0.1) is 24.9 Å². The molecule has 6 nitrogen and oxygen atoms in total. The van der Waals surface area contributed by atoms with Crippen LogP contribution in [0.3, 0.4) is 0 Å². The van der Waals surface area contributed by atoms with Gasteiger partial charge in [0.2, 0.25) is 5.91 Å². The number of fused-ring (bicyclic) bond motifs is 1. The highest BCUT2D eigenvalue weighted by atomic mass is 32.1. The summed E-state index contributed by atoms with van der Waals surface area (Å²) in [6.45, 7) is 4.10. The van der Waals surface area contributed by atoms with Crippen molar-refractivity contribution in [2.45, 2.75) is 13.0 Å². The van der Waals surface area contributed by atoms with Crippen LogP contribution >= 0.6 is 11.3 Å². The van der Waals surface area contributed by atoms with Crippen LogP contribution in [0.5, 0.6) is 0 Å². The van der Waals surface area contributed by atoms with Crippen molar-refractivity contribution in [3.05, 3.63) is 47.6 Å². The molecule has 0 atom stereocenters. The fourth-order valence-electron chi connectivity index (χ4n) is 2.91. The van der Waals surface area contributed by atoms with E-state index < -0.39 is 0 Å². The van der Waals surface area contributed by atoms with Gasteiger partial charge in [-0.3, -0.25) is 14.1 Å². The number of imidazole rings is 1. The van der Waals surface area contributed by atoms with Crippen LogP contribution in [0.2, 0.25) is 0 Å². The average molecular weight is 330 g/mol. The third-order valence-corrected chi connectivity index (χ3v) is 4.93. The molecular weight excluding hydrogens is 312 g/mol. The van der Waals surface area contributed by atoms with E-state index >= 15 is 0 Å². The minimum absolute atomic E-state index is 0.161. The maximum atomic E-state index is 12.4. The molecule has 1 aliphatic heterocycles. The van der Waals surface area contributed by atoms with Crippen molar-refractivity contribution in [2.75, 3.05) is 26.2 Å². The minimum atomic E-state index is 0.161. The van der Waals surface area contributed by atoms with E-state index in [9.17, 15) is 4.79 Å². The molecule has 4 rings (SSSR count). The van der Waals surface area contributed by atoms with Gasteiger partial charge in [-0.15, -0.1) is 11.3 Å². The molecule has 0 unspecified atom stereocenters. The first-order valence-electron chi connectivity index (χ1n) is 7.71. The van der Waals surface area contributed by atoms with E-state index in [0.717, 1.165) is 49.1 Å². The summed E-state index contributed by atoms with van der Waals surface area (Å²) < 4.78 is 7.35. The monoisotopic (exact) mass is 330 g/mol. The van der Waals surface area contributed by atoms with Gasteiger partial charge in [-0.2, -0.15) is 0 Å². The highest BCUT2D eigenvalue weighted by Gasteiger charge is 2.22. The molecule has 0 aromatic carbocycles. The fraction of sp³-hybridized carbons (Fsp3) is 0.375. The van der Waals surface area contributed by atoms with Crippen molar-refractivity contribution in [3.8, 4) is 0 Å². The molecule has 0 saturated carbocycles. The van der Waals surface area contributed by atoms with E-state index in [1.54, 1.807) is 17.6 Å². The van der Waals surface area contributed by atoms with Crippen LogP contribution in [-0.2, 0) is 17.8 Å². The number of carbonyl (C=O) groups excluding carboxylic acids is 1. The summed E-state index contributed by atoms with van der Waals surface area (Å²) in [5.74, 6) is 1.14. The lowest BCUT2D eigenvalue weighted by molar-refractivity contribution is -0.132. The Hall–Kier alpha value is -2.12. The number of amides is 1. The summed E-state index contributed by atoms with van der Waals surface area (Å²) in [7, 11) is 0. The number of carbonyl (C=O) groups is 1. The topological polar surface area (TPSA) is 54.0 Å². The molecule has 1 amide bonds. The molecule has 1 saturated heterocycles. The van der Waals surface area contributed by atoms with Gasteiger partial charge < -0.3 is 9.32 Å². The molecule has 1 aliphatic rings. The van der Waals surface area contributed by atoms with Crippen molar-refractivity contribution in [3.63, 3.8) is 0 Å². The van der Waals surface area contributed by atoms with Gasteiger partial charge >= 0.3 is 0 Å². The van der Waals surface area contributed by atoms with Gasteiger partial charge in [0.1, 0.15) is 5.76 Å². The number of hydrogen-bond donors (Lipinski definition) is 0. The summed E-state index contributed by atoms with van der Waals surface area (Å²) in [4.78, 5) is 22.1. The molecular formula is C16H18N4O2S. The molecule has 0 bridgehead atoms. The lowest BCUT2D eigenvalue weighted by Gasteiger charge is -2.34. The van der Waals surface area contributed by atoms with Crippen LogP contribution in [0, 0.1) is 0 Å². The SMILES string of the molecule is O=C(Cc1cn2ccsc2n1)N1CCN(Cc2ccco2)CC1. The molecule has 4 heterocycles. The first-order valence-corrected chi connectivity index (χ1v) is 8.59. The predicted octanol–water partition coefficient (Wildman–Crippen LogP) is 1.88. The van der Waals surface area contributed by atoms with E-state index in [1.807, 2.05) is 39.2 Å². The Morgan fingerprint density at radius 1 is 1.30 bits per heavy atom. The molecule has 0 N–H and O–H groups in total. The van der Waals surface area contributed by atoms with Crippen molar-refractivity contribution in [1.29, 1.82) is 0 Å². The highest BCUT2D eigenvalue weighted by molar-refractivity contribution is 7.15. The smallest absolute Gasteiger partial charge is 0.228 e. The summed E-state index contributed by atoms with van der Waals surface area (Å²) in [6.07, 6.45) is 5.99. The van der Waals surface area contributed by atoms with Crippen LogP contribution in [0.1, 0.15) is 11.5 Å². The first kappa shape index (κ1) is 14.5. The maximum absolute atomic E-state index is 12.4. The minimum Gasteiger partial charge on any atom is -0.468 e. The molecule has 0 radical (unpaired) electrons. The van der Waals surface area contributed by atoms with Gasteiger partial charge in [-0.1, -0.05) is 0 Å². The number of aromatic nitrogens is 2. The summed E-state index contributed by atoms with van der Waals surface area (Å²) >= 11 is 1.58. The van der Waals surface area contributed by atoms with E-state index in [-0.39, 0.29) is 5.91 Å². The van der Waals surface area contributed by atoms with Crippen LogP contribution in [0.25, 0.3) is 4.96 Å². The lowest BCUT2D eigenvalue weighted by atomic mass is 10.2. The highest BCUT2D eigenvalue weighted by Crippen LogP contribution is 2.14. The van der Waals surface area contributed by atoms with Gasteiger partial charge in [0.25, 0.3) is 0 Å². The van der Waals surface area contributed by atoms with Gasteiger partial charge in [0, 0.05) is 44.0 Å². The normalized spacial score (nSPS) is 16.3. The van der Waals surface area contributed by atoms with Crippen molar-refractivity contribution in [2.24, 2.45) is 0 Å².